The molecule has 2 heterocycles. The third kappa shape index (κ3) is 2.51. The number of hydrogen-bond donors (Lipinski definition) is 3. The first kappa shape index (κ1) is 15.1. The summed E-state index contributed by atoms with van der Waals surface area (Å²) in [6.07, 6.45) is -0.965. The Morgan fingerprint density at radius 2 is 2.18 bits per heavy atom. The SMILES string of the molecule is O=C(N[C@]12CCC[C@H]1CNC2)c1c[nH]c(=O)c(C(F)(F)F)c1. The molecule has 1 saturated heterocycles. The average molecular weight is 315 g/mol. The molecular weight excluding hydrogens is 299 g/mol. The number of nitrogens with one attached hydrogen (secondary N) is 3. The lowest BCUT2D eigenvalue weighted by Crippen LogP contribution is -2.51. The number of alkyl halides is 3. The molecule has 2 atom stereocenters. The third-order valence-electron chi connectivity index (χ3n) is 4.62. The summed E-state index contributed by atoms with van der Waals surface area (Å²) in [6.45, 7) is 1.43. The fraction of sp³-hybridized carbons (Fsp3) is 0.571. The number of rotatable bonds is 2. The van der Waals surface area contributed by atoms with Gasteiger partial charge in [0.1, 0.15) is 5.56 Å². The molecule has 1 saturated carbocycles. The molecular formula is C14H16F3N3O2. The monoisotopic (exact) mass is 315 g/mol. The molecule has 22 heavy (non-hydrogen) atoms. The van der Waals surface area contributed by atoms with Gasteiger partial charge >= 0.3 is 6.18 Å². The van der Waals surface area contributed by atoms with E-state index in [9.17, 15) is 22.8 Å². The normalized spacial score (nSPS) is 27.7. The van der Waals surface area contributed by atoms with E-state index in [1.807, 2.05) is 4.98 Å². The van der Waals surface area contributed by atoms with E-state index in [-0.39, 0.29) is 11.1 Å². The van der Waals surface area contributed by atoms with Crippen LogP contribution in [-0.4, -0.2) is 29.5 Å². The van der Waals surface area contributed by atoms with Crippen LogP contribution in [0, 0.1) is 5.92 Å². The van der Waals surface area contributed by atoms with Crippen LogP contribution in [0.2, 0.25) is 0 Å². The van der Waals surface area contributed by atoms with E-state index >= 15 is 0 Å². The van der Waals surface area contributed by atoms with E-state index in [4.69, 9.17) is 0 Å². The first-order valence-electron chi connectivity index (χ1n) is 7.15. The minimum absolute atomic E-state index is 0.182. The molecule has 5 nitrogen and oxygen atoms in total. The van der Waals surface area contributed by atoms with E-state index in [1.54, 1.807) is 0 Å². The number of aromatic nitrogens is 1. The lowest BCUT2D eigenvalue weighted by molar-refractivity contribution is -0.138. The summed E-state index contributed by atoms with van der Waals surface area (Å²) >= 11 is 0. The Labute approximate surface area is 124 Å². The zero-order valence-electron chi connectivity index (χ0n) is 11.7. The standard InChI is InChI=1S/C14H16F3N3O2/c15-14(16,17)10-4-8(5-19-12(10)22)11(21)20-13-3-1-2-9(13)6-18-7-13/h4-5,9,18H,1-3,6-7H2,(H,19,22)(H,20,21)/t9-,13-/m0/s1. The van der Waals surface area contributed by atoms with Crippen LogP contribution in [0.15, 0.2) is 17.1 Å². The average Bonchev–Trinajstić information content (AvgIpc) is 2.96. The van der Waals surface area contributed by atoms with Crippen molar-refractivity contribution in [3.05, 3.63) is 33.7 Å². The molecule has 8 heteroatoms. The summed E-state index contributed by atoms with van der Waals surface area (Å²) in [5.74, 6) is -0.279. The van der Waals surface area contributed by atoms with Crippen LogP contribution in [0.5, 0.6) is 0 Å². The Balaban J connectivity index is 1.86. The van der Waals surface area contributed by atoms with Gasteiger partial charge in [0, 0.05) is 19.3 Å². The number of amides is 1. The summed E-state index contributed by atoms with van der Waals surface area (Å²) in [5, 5.41) is 6.09. The lowest BCUT2D eigenvalue weighted by atomic mass is 9.90. The van der Waals surface area contributed by atoms with E-state index in [1.165, 1.54) is 0 Å². The Morgan fingerprint density at radius 3 is 2.91 bits per heavy atom. The van der Waals surface area contributed by atoms with Crippen molar-refractivity contribution in [1.82, 2.24) is 15.6 Å². The van der Waals surface area contributed by atoms with Gasteiger partial charge in [0.2, 0.25) is 0 Å². The second-order valence-corrected chi connectivity index (χ2v) is 5.96. The molecule has 1 aromatic heterocycles. The second kappa shape index (κ2) is 5.12. The zero-order chi connectivity index (χ0) is 16.0. The molecule has 0 bridgehead atoms. The third-order valence-corrected chi connectivity index (χ3v) is 4.62. The van der Waals surface area contributed by atoms with Gasteiger partial charge in [0.05, 0.1) is 11.1 Å². The van der Waals surface area contributed by atoms with Crippen molar-refractivity contribution < 1.29 is 18.0 Å². The predicted molar refractivity (Wildman–Crippen MR) is 72.5 cm³/mol. The first-order valence-corrected chi connectivity index (χ1v) is 7.15. The molecule has 1 amide bonds. The van der Waals surface area contributed by atoms with Gasteiger partial charge in [-0.15, -0.1) is 0 Å². The van der Waals surface area contributed by atoms with Crippen LogP contribution >= 0.6 is 0 Å². The van der Waals surface area contributed by atoms with Gasteiger partial charge in [-0.1, -0.05) is 6.42 Å². The van der Waals surface area contributed by atoms with Crippen molar-refractivity contribution in [2.24, 2.45) is 5.92 Å². The Bertz CT molecular complexity index is 643. The van der Waals surface area contributed by atoms with Crippen molar-refractivity contribution >= 4 is 5.91 Å². The highest BCUT2D eigenvalue weighted by atomic mass is 19.4. The Hall–Kier alpha value is -1.83. The van der Waals surface area contributed by atoms with Crippen LogP contribution in [0.1, 0.15) is 35.2 Å². The maximum atomic E-state index is 12.7. The molecule has 1 aliphatic carbocycles. The lowest BCUT2D eigenvalue weighted by Gasteiger charge is -2.29. The number of H-pyrrole nitrogens is 1. The van der Waals surface area contributed by atoms with Gasteiger partial charge in [-0.05, 0) is 24.8 Å². The molecule has 0 spiro atoms. The number of carbonyl (C=O) groups is 1. The minimum atomic E-state index is -4.78. The van der Waals surface area contributed by atoms with Gasteiger partial charge < -0.3 is 15.6 Å². The summed E-state index contributed by atoms with van der Waals surface area (Å²) in [5.41, 5.74) is -3.17. The largest absolute Gasteiger partial charge is 0.421 e. The second-order valence-electron chi connectivity index (χ2n) is 5.96. The van der Waals surface area contributed by atoms with E-state index in [0.717, 1.165) is 32.0 Å². The van der Waals surface area contributed by atoms with Gasteiger partial charge in [-0.2, -0.15) is 13.2 Å². The van der Waals surface area contributed by atoms with E-state index in [0.29, 0.717) is 18.5 Å². The van der Waals surface area contributed by atoms with Gasteiger partial charge in [0.25, 0.3) is 11.5 Å². The van der Waals surface area contributed by atoms with Crippen LogP contribution in [0.4, 0.5) is 13.2 Å². The predicted octanol–water partition coefficient (Wildman–Crippen LogP) is 1.27. The molecule has 2 aliphatic rings. The smallest absolute Gasteiger partial charge is 0.345 e. The fourth-order valence-corrected chi connectivity index (χ4v) is 3.48. The van der Waals surface area contributed by atoms with Gasteiger partial charge in [0.15, 0.2) is 0 Å². The quantitative estimate of drug-likeness (QED) is 0.769. The molecule has 1 aliphatic heterocycles. The highest BCUT2D eigenvalue weighted by molar-refractivity contribution is 5.94. The maximum absolute atomic E-state index is 12.7. The maximum Gasteiger partial charge on any atom is 0.421 e. The highest BCUT2D eigenvalue weighted by Crippen LogP contribution is 2.38. The molecule has 2 fully saturated rings. The molecule has 0 unspecified atom stereocenters. The summed E-state index contributed by atoms with van der Waals surface area (Å²) in [7, 11) is 0. The minimum Gasteiger partial charge on any atom is -0.345 e. The fourth-order valence-electron chi connectivity index (χ4n) is 3.48. The molecule has 1 aromatic rings. The topological polar surface area (TPSA) is 74.0 Å². The number of pyridine rings is 1. The van der Waals surface area contributed by atoms with Crippen LogP contribution in [0.3, 0.4) is 0 Å². The summed E-state index contributed by atoms with van der Waals surface area (Å²) < 4.78 is 38.2. The Kier molecular flexibility index (Phi) is 3.51. The summed E-state index contributed by atoms with van der Waals surface area (Å²) in [4.78, 5) is 25.5. The molecule has 0 aromatic carbocycles. The Morgan fingerprint density at radius 1 is 1.41 bits per heavy atom. The highest BCUT2D eigenvalue weighted by Gasteiger charge is 2.47. The van der Waals surface area contributed by atoms with E-state index < -0.39 is 23.2 Å². The van der Waals surface area contributed by atoms with Crippen LogP contribution < -0.4 is 16.2 Å². The number of aromatic amines is 1. The van der Waals surface area contributed by atoms with Crippen LogP contribution in [0.25, 0.3) is 0 Å². The molecule has 3 N–H and O–H groups in total. The molecule has 3 rings (SSSR count). The first-order chi connectivity index (χ1) is 10.3. The van der Waals surface area contributed by atoms with Gasteiger partial charge in [-0.3, -0.25) is 9.59 Å². The van der Waals surface area contributed by atoms with Crippen molar-refractivity contribution in [1.29, 1.82) is 0 Å². The number of halogens is 3. The number of carbonyl (C=O) groups excluding carboxylic acids is 1. The van der Waals surface area contributed by atoms with Crippen molar-refractivity contribution in [2.75, 3.05) is 13.1 Å². The van der Waals surface area contributed by atoms with Crippen LogP contribution in [-0.2, 0) is 6.18 Å². The number of hydrogen-bond acceptors (Lipinski definition) is 3. The van der Waals surface area contributed by atoms with Gasteiger partial charge in [-0.25, -0.2) is 0 Å². The van der Waals surface area contributed by atoms with Crippen molar-refractivity contribution in [2.45, 2.75) is 31.0 Å². The van der Waals surface area contributed by atoms with Crippen molar-refractivity contribution in [3.63, 3.8) is 0 Å². The molecule has 120 valence electrons. The number of fused-ring (bicyclic) bond motifs is 1. The van der Waals surface area contributed by atoms with E-state index in [2.05, 4.69) is 10.6 Å². The zero-order valence-corrected chi connectivity index (χ0v) is 11.7. The molecule has 0 radical (unpaired) electrons. The van der Waals surface area contributed by atoms with Crippen molar-refractivity contribution in [3.8, 4) is 0 Å². The summed E-state index contributed by atoms with van der Waals surface area (Å²) in [6, 6.07) is 0.608.